The number of ether oxygens (including phenoxy) is 1. The average molecular weight is 558 g/mol. The minimum Gasteiger partial charge on any atom is -0.490 e. The molecule has 0 aliphatic carbocycles. The fraction of sp³-hybridized carbons (Fsp3) is 0.409. The van der Waals surface area contributed by atoms with Gasteiger partial charge in [-0.15, -0.1) is 24.0 Å². The lowest BCUT2D eigenvalue weighted by molar-refractivity contribution is 0.129. The number of nitrogens with one attached hydrogen (secondary N) is 1. The van der Waals surface area contributed by atoms with Crippen molar-refractivity contribution in [2.75, 3.05) is 34.2 Å². The summed E-state index contributed by atoms with van der Waals surface area (Å²) in [4.78, 5) is 6.93. The molecule has 9 heteroatoms. The van der Waals surface area contributed by atoms with E-state index >= 15 is 0 Å². The van der Waals surface area contributed by atoms with Crippen LogP contribution in [-0.2, 0) is 16.6 Å². The summed E-state index contributed by atoms with van der Waals surface area (Å²) in [5, 5.41) is 3.38. The number of hydrogen-bond donors (Lipinski definition) is 1. The van der Waals surface area contributed by atoms with Crippen LogP contribution in [0.2, 0.25) is 0 Å². The van der Waals surface area contributed by atoms with Crippen molar-refractivity contribution in [3.05, 3.63) is 60.2 Å². The highest BCUT2D eigenvalue weighted by atomic mass is 127. The Hall–Kier alpha value is -1.85. The Morgan fingerprint density at radius 3 is 2.26 bits per heavy atom. The molecule has 2 aromatic rings. The summed E-state index contributed by atoms with van der Waals surface area (Å²) in [5.41, 5.74) is 0.996. The van der Waals surface area contributed by atoms with Crippen molar-refractivity contribution < 1.29 is 13.2 Å². The molecule has 0 bridgehead atoms. The normalized spacial score (nSPS) is 15.5. The van der Waals surface area contributed by atoms with Gasteiger partial charge in [-0.3, -0.25) is 4.99 Å². The standard InChI is InChI=1S/C22H30N4O3S.HI/c1-23-22(24-17-18-9-11-21(12-10-18)30(27,28)25(2)3)26-15-13-20(14-16-26)29-19-7-5-4-6-8-19;/h4-12,20H,13-17H2,1-3H3,(H,23,24);1H. The van der Waals surface area contributed by atoms with Crippen LogP contribution in [0.1, 0.15) is 18.4 Å². The van der Waals surface area contributed by atoms with Crippen molar-refractivity contribution in [3.63, 3.8) is 0 Å². The quantitative estimate of drug-likeness (QED) is 0.335. The Morgan fingerprint density at radius 1 is 1.10 bits per heavy atom. The van der Waals surface area contributed by atoms with Gasteiger partial charge in [-0.2, -0.15) is 0 Å². The third-order valence-electron chi connectivity index (χ3n) is 5.15. The molecule has 31 heavy (non-hydrogen) atoms. The Morgan fingerprint density at radius 2 is 1.71 bits per heavy atom. The SMILES string of the molecule is CN=C(NCc1ccc(S(=O)(=O)N(C)C)cc1)N1CCC(Oc2ccccc2)CC1.I. The summed E-state index contributed by atoms with van der Waals surface area (Å²) in [6.07, 6.45) is 2.09. The predicted octanol–water partition coefficient (Wildman–Crippen LogP) is 3.17. The molecule has 0 amide bonds. The van der Waals surface area contributed by atoms with Gasteiger partial charge in [0.1, 0.15) is 11.9 Å². The van der Waals surface area contributed by atoms with E-state index in [1.54, 1.807) is 19.2 Å². The van der Waals surface area contributed by atoms with Gasteiger partial charge in [-0.1, -0.05) is 30.3 Å². The van der Waals surface area contributed by atoms with Crippen molar-refractivity contribution in [3.8, 4) is 5.75 Å². The van der Waals surface area contributed by atoms with E-state index in [0.717, 1.165) is 43.2 Å². The molecule has 1 aliphatic rings. The van der Waals surface area contributed by atoms with Crippen LogP contribution in [0.3, 0.4) is 0 Å². The molecule has 0 unspecified atom stereocenters. The number of rotatable bonds is 6. The number of nitrogens with zero attached hydrogens (tertiary/aromatic N) is 3. The molecule has 1 fully saturated rings. The summed E-state index contributed by atoms with van der Waals surface area (Å²) in [5.74, 6) is 1.76. The first kappa shape index (κ1) is 25.4. The zero-order valence-corrected chi connectivity index (χ0v) is 21.3. The van der Waals surface area contributed by atoms with Gasteiger partial charge in [0.15, 0.2) is 5.96 Å². The number of guanidine groups is 1. The second-order valence-electron chi connectivity index (χ2n) is 7.45. The van der Waals surface area contributed by atoms with E-state index in [4.69, 9.17) is 4.74 Å². The minimum absolute atomic E-state index is 0. The number of sulfonamides is 1. The molecule has 1 heterocycles. The first-order valence-electron chi connectivity index (χ1n) is 10.1. The van der Waals surface area contributed by atoms with Crippen LogP contribution in [0.15, 0.2) is 64.5 Å². The maximum Gasteiger partial charge on any atom is 0.242 e. The van der Waals surface area contributed by atoms with Gasteiger partial charge in [0, 0.05) is 53.6 Å². The van der Waals surface area contributed by atoms with E-state index in [1.165, 1.54) is 18.4 Å². The zero-order chi connectivity index (χ0) is 21.6. The summed E-state index contributed by atoms with van der Waals surface area (Å²) < 4.78 is 31.6. The van der Waals surface area contributed by atoms with Crippen LogP contribution >= 0.6 is 24.0 Å². The van der Waals surface area contributed by atoms with Crippen LogP contribution in [0.4, 0.5) is 0 Å². The fourth-order valence-corrected chi connectivity index (χ4v) is 4.28. The molecule has 170 valence electrons. The Kier molecular flexibility index (Phi) is 9.57. The number of piperidine rings is 1. The van der Waals surface area contributed by atoms with E-state index in [1.807, 2.05) is 42.5 Å². The summed E-state index contributed by atoms with van der Waals surface area (Å²) >= 11 is 0. The van der Waals surface area contributed by atoms with Crippen molar-refractivity contribution in [1.29, 1.82) is 0 Å². The molecule has 2 aromatic carbocycles. The largest absolute Gasteiger partial charge is 0.490 e. The van der Waals surface area contributed by atoms with Gasteiger partial charge in [0.25, 0.3) is 0 Å². The first-order chi connectivity index (χ1) is 14.4. The molecule has 0 radical (unpaired) electrons. The molecule has 3 rings (SSSR count). The highest BCUT2D eigenvalue weighted by molar-refractivity contribution is 14.0. The summed E-state index contributed by atoms with van der Waals surface area (Å²) in [7, 11) is 1.44. The Labute approximate surface area is 202 Å². The molecule has 1 saturated heterocycles. The number of likely N-dealkylation sites (tertiary alicyclic amines) is 1. The molecule has 0 spiro atoms. The molecule has 1 aliphatic heterocycles. The summed E-state index contributed by atoms with van der Waals surface area (Å²) in [6, 6.07) is 16.9. The van der Waals surface area contributed by atoms with Crippen molar-refractivity contribution in [2.24, 2.45) is 4.99 Å². The predicted molar refractivity (Wildman–Crippen MR) is 135 cm³/mol. The lowest BCUT2D eigenvalue weighted by Crippen LogP contribution is -2.47. The van der Waals surface area contributed by atoms with Crippen LogP contribution in [0.5, 0.6) is 5.75 Å². The van der Waals surface area contributed by atoms with Gasteiger partial charge in [0.2, 0.25) is 10.0 Å². The van der Waals surface area contributed by atoms with E-state index in [9.17, 15) is 8.42 Å². The average Bonchev–Trinajstić information content (AvgIpc) is 2.76. The fourth-order valence-electron chi connectivity index (χ4n) is 3.38. The molecule has 0 atom stereocenters. The number of hydrogen-bond acceptors (Lipinski definition) is 4. The van der Waals surface area contributed by atoms with Crippen LogP contribution in [0.25, 0.3) is 0 Å². The number of halogens is 1. The van der Waals surface area contributed by atoms with E-state index in [2.05, 4.69) is 15.2 Å². The van der Waals surface area contributed by atoms with Crippen LogP contribution in [-0.4, -0.2) is 63.9 Å². The van der Waals surface area contributed by atoms with Crippen LogP contribution < -0.4 is 10.1 Å². The molecule has 1 N–H and O–H groups in total. The molecular formula is C22H31IN4O3S. The van der Waals surface area contributed by atoms with Crippen molar-refractivity contribution >= 4 is 40.0 Å². The monoisotopic (exact) mass is 558 g/mol. The lowest BCUT2D eigenvalue weighted by Gasteiger charge is -2.34. The maximum absolute atomic E-state index is 12.2. The molecular weight excluding hydrogens is 527 g/mol. The molecule has 0 saturated carbocycles. The third-order valence-corrected chi connectivity index (χ3v) is 6.98. The van der Waals surface area contributed by atoms with Gasteiger partial charge >= 0.3 is 0 Å². The first-order valence-corrected chi connectivity index (χ1v) is 11.5. The van der Waals surface area contributed by atoms with Gasteiger partial charge in [0.05, 0.1) is 4.90 Å². The maximum atomic E-state index is 12.2. The topological polar surface area (TPSA) is 74.2 Å². The Balaban J connectivity index is 0.00000341. The minimum atomic E-state index is -3.41. The highest BCUT2D eigenvalue weighted by Crippen LogP contribution is 2.19. The third kappa shape index (κ3) is 6.81. The number of para-hydroxylation sites is 1. The van der Waals surface area contributed by atoms with E-state index in [-0.39, 0.29) is 30.1 Å². The Bertz CT molecular complexity index is 942. The van der Waals surface area contributed by atoms with Crippen LogP contribution in [0, 0.1) is 0 Å². The highest BCUT2D eigenvalue weighted by Gasteiger charge is 2.23. The van der Waals surface area contributed by atoms with E-state index in [0.29, 0.717) is 11.4 Å². The van der Waals surface area contributed by atoms with Gasteiger partial charge in [-0.25, -0.2) is 12.7 Å². The van der Waals surface area contributed by atoms with Gasteiger partial charge < -0.3 is 15.0 Å². The second kappa shape index (κ2) is 11.7. The summed E-state index contributed by atoms with van der Waals surface area (Å²) in [6.45, 7) is 2.32. The van der Waals surface area contributed by atoms with E-state index < -0.39 is 10.0 Å². The van der Waals surface area contributed by atoms with Crippen molar-refractivity contribution in [2.45, 2.75) is 30.4 Å². The number of benzene rings is 2. The lowest BCUT2D eigenvalue weighted by atomic mass is 10.1. The number of aliphatic imine (C=N–C) groups is 1. The molecule has 7 nitrogen and oxygen atoms in total. The van der Waals surface area contributed by atoms with Crippen molar-refractivity contribution in [1.82, 2.24) is 14.5 Å². The second-order valence-corrected chi connectivity index (χ2v) is 9.60. The van der Waals surface area contributed by atoms with Gasteiger partial charge in [-0.05, 0) is 29.8 Å². The zero-order valence-electron chi connectivity index (χ0n) is 18.2. The smallest absolute Gasteiger partial charge is 0.242 e. The molecule has 0 aromatic heterocycles.